The van der Waals surface area contributed by atoms with Gasteiger partial charge < -0.3 is 14.2 Å². The number of carbonyl (C=O) groups excluding carboxylic acids is 1. The molecule has 0 saturated carbocycles. The number of rotatable bonds is 7. The van der Waals surface area contributed by atoms with Crippen LogP contribution in [0.3, 0.4) is 0 Å². The second-order valence-corrected chi connectivity index (χ2v) is 6.28. The fraction of sp³-hybridized carbons (Fsp3) is 0.174. The minimum Gasteiger partial charge on any atom is -0.489 e. The van der Waals surface area contributed by atoms with Gasteiger partial charge in [0.1, 0.15) is 23.9 Å². The highest BCUT2D eigenvalue weighted by molar-refractivity contribution is 5.74. The number of benzene rings is 3. The van der Waals surface area contributed by atoms with E-state index in [0.29, 0.717) is 23.9 Å². The van der Waals surface area contributed by atoms with Crippen molar-refractivity contribution in [2.24, 2.45) is 0 Å². The highest BCUT2D eigenvalue weighted by Gasteiger charge is 2.08. The summed E-state index contributed by atoms with van der Waals surface area (Å²) in [5, 5.41) is 0. The van der Waals surface area contributed by atoms with E-state index in [9.17, 15) is 4.79 Å². The van der Waals surface area contributed by atoms with Crippen LogP contribution in [-0.2, 0) is 11.4 Å². The Morgan fingerprint density at radius 2 is 1.52 bits per heavy atom. The van der Waals surface area contributed by atoms with Gasteiger partial charge in [-0.25, -0.2) is 4.79 Å². The monoisotopic (exact) mass is 362 g/mol. The molecule has 0 atom stereocenters. The average molecular weight is 362 g/mol. The maximum Gasteiger partial charge on any atom is 0.349 e. The van der Waals surface area contributed by atoms with Gasteiger partial charge in [-0.15, -0.1) is 0 Å². The van der Waals surface area contributed by atoms with Crippen LogP contribution in [0.1, 0.15) is 16.7 Å². The fourth-order valence-electron chi connectivity index (χ4n) is 2.60. The fourth-order valence-corrected chi connectivity index (χ4v) is 2.60. The first-order valence-corrected chi connectivity index (χ1v) is 8.78. The van der Waals surface area contributed by atoms with Gasteiger partial charge in [0, 0.05) is 0 Å². The Hall–Kier alpha value is -3.27. The predicted octanol–water partition coefficient (Wildman–Crippen LogP) is 4.87. The minimum atomic E-state index is -0.451. The third-order valence-corrected chi connectivity index (χ3v) is 3.98. The van der Waals surface area contributed by atoms with Gasteiger partial charge in [-0.3, -0.25) is 0 Å². The molecule has 0 saturated heterocycles. The maximum atomic E-state index is 12.0. The lowest BCUT2D eigenvalue weighted by molar-refractivity contribution is -0.136. The third-order valence-electron chi connectivity index (χ3n) is 3.98. The van der Waals surface area contributed by atoms with Crippen LogP contribution < -0.4 is 14.2 Å². The van der Waals surface area contributed by atoms with E-state index in [1.54, 1.807) is 24.3 Å². The molecular formula is C23H22O4. The Bertz CT molecular complexity index is 886. The van der Waals surface area contributed by atoms with Crippen molar-refractivity contribution in [1.82, 2.24) is 0 Å². The molecule has 0 aliphatic heterocycles. The molecule has 0 N–H and O–H groups in total. The van der Waals surface area contributed by atoms with E-state index in [2.05, 4.69) is 0 Å². The lowest BCUT2D eigenvalue weighted by Crippen LogP contribution is -2.18. The number of hydrogen-bond acceptors (Lipinski definition) is 4. The van der Waals surface area contributed by atoms with Crippen LogP contribution in [0.15, 0.2) is 72.8 Å². The first-order chi connectivity index (χ1) is 13.1. The van der Waals surface area contributed by atoms with Gasteiger partial charge in [-0.1, -0.05) is 48.0 Å². The highest BCUT2D eigenvalue weighted by Crippen LogP contribution is 2.20. The Morgan fingerprint density at radius 1 is 0.815 bits per heavy atom. The van der Waals surface area contributed by atoms with Crippen LogP contribution in [0.25, 0.3) is 0 Å². The van der Waals surface area contributed by atoms with Gasteiger partial charge in [0.2, 0.25) is 0 Å². The van der Waals surface area contributed by atoms with Crippen LogP contribution in [0.4, 0.5) is 0 Å². The molecule has 3 aromatic carbocycles. The molecule has 0 heterocycles. The standard InChI is InChI=1S/C23H22O4/c1-17-8-13-22(18(2)14-17)26-16-23(24)27-21-11-9-20(10-12-21)25-15-19-6-4-3-5-7-19/h3-14H,15-16H2,1-2H3. The van der Waals surface area contributed by atoms with Crippen LogP contribution in [0.5, 0.6) is 17.2 Å². The summed E-state index contributed by atoms with van der Waals surface area (Å²) in [5.74, 6) is 1.40. The zero-order valence-corrected chi connectivity index (χ0v) is 15.5. The Kier molecular flexibility index (Phi) is 6.10. The number of esters is 1. The zero-order valence-electron chi connectivity index (χ0n) is 15.5. The van der Waals surface area contributed by atoms with Crippen molar-refractivity contribution in [1.29, 1.82) is 0 Å². The molecule has 0 unspecified atom stereocenters. The van der Waals surface area contributed by atoms with E-state index in [1.165, 1.54) is 0 Å². The molecule has 4 nitrogen and oxygen atoms in total. The van der Waals surface area contributed by atoms with Gasteiger partial charge in [0.15, 0.2) is 6.61 Å². The van der Waals surface area contributed by atoms with E-state index >= 15 is 0 Å². The largest absolute Gasteiger partial charge is 0.489 e. The van der Waals surface area contributed by atoms with Crippen LogP contribution >= 0.6 is 0 Å². The molecule has 27 heavy (non-hydrogen) atoms. The summed E-state index contributed by atoms with van der Waals surface area (Å²) in [6.45, 7) is 4.31. The molecule has 0 spiro atoms. The Labute approximate surface area is 159 Å². The summed E-state index contributed by atoms with van der Waals surface area (Å²) >= 11 is 0. The van der Waals surface area contributed by atoms with Crippen molar-refractivity contribution in [3.05, 3.63) is 89.5 Å². The maximum absolute atomic E-state index is 12.0. The number of carbonyl (C=O) groups is 1. The second-order valence-electron chi connectivity index (χ2n) is 6.28. The predicted molar refractivity (Wildman–Crippen MR) is 104 cm³/mol. The van der Waals surface area contributed by atoms with Crippen molar-refractivity contribution in [2.75, 3.05) is 6.61 Å². The number of aryl methyl sites for hydroxylation is 2. The highest BCUT2D eigenvalue weighted by atomic mass is 16.6. The summed E-state index contributed by atoms with van der Waals surface area (Å²) in [6, 6.07) is 22.7. The van der Waals surface area contributed by atoms with Crippen molar-refractivity contribution >= 4 is 5.97 Å². The summed E-state index contributed by atoms with van der Waals surface area (Å²) in [5.41, 5.74) is 3.23. The van der Waals surface area contributed by atoms with Crippen LogP contribution in [0.2, 0.25) is 0 Å². The van der Waals surface area contributed by atoms with Crippen molar-refractivity contribution in [3.63, 3.8) is 0 Å². The molecule has 4 heteroatoms. The molecule has 0 fully saturated rings. The minimum absolute atomic E-state index is 0.143. The SMILES string of the molecule is Cc1ccc(OCC(=O)Oc2ccc(OCc3ccccc3)cc2)c(C)c1. The van der Waals surface area contributed by atoms with E-state index < -0.39 is 5.97 Å². The van der Waals surface area contributed by atoms with Gasteiger partial charge in [-0.2, -0.15) is 0 Å². The molecule has 138 valence electrons. The molecule has 0 amide bonds. The van der Waals surface area contributed by atoms with Gasteiger partial charge in [0.05, 0.1) is 0 Å². The van der Waals surface area contributed by atoms with Gasteiger partial charge in [-0.05, 0) is 55.3 Å². The average Bonchev–Trinajstić information content (AvgIpc) is 2.67. The van der Waals surface area contributed by atoms with Crippen LogP contribution in [0, 0.1) is 13.8 Å². The molecule has 0 bridgehead atoms. The molecule has 0 aliphatic rings. The first kappa shape index (κ1) is 18.5. The zero-order chi connectivity index (χ0) is 19.1. The summed E-state index contributed by atoms with van der Waals surface area (Å²) in [4.78, 5) is 12.0. The van der Waals surface area contributed by atoms with E-state index in [1.807, 2.05) is 62.4 Å². The molecule has 0 aromatic heterocycles. The van der Waals surface area contributed by atoms with E-state index in [0.717, 1.165) is 16.7 Å². The quantitative estimate of drug-likeness (QED) is 0.444. The van der Waals surface area contributed by atoms with Crippen molar-refractivity contribution in [3.8, 4) is 17.2 Å². The summed E-state index contributed by atoms with van der Waals surface area (Å²) in [7, 11) is 0. The topological polar surface area (TPSA) is 44.8 Å². The van der Waals surface area contributed by atoms with Crippen molar-refractivity contribution < 1.29 is 19.0 Å². The lowest BCUT2D eigenvalue weighted by atomic mass is 10.1. The first-order valence-electron chi connectivity index (χ1n) is 8.78. The molecule has 0 aliphatic carbocycles. The van der Waals surface area contributed by atoms with Gasteiger partial charge >= 0.3 is 5.97 Å². The summed E-state index contributed by atoms with van der Waals surface area (Å²) in [6.07, 6.45) is 0. The molecule has 3 aromatic rings. The molecular weight excluding hydrogens is 340 g/mol. The van der Waals surface area contributed by atoms with Crippen molar-refractivity contribution in [2.45, 2.75) is 20.5 Å². The lowest BCUT2D eigenvalue weighted by Gasteiger charge is -2.10. The number of hydrogen-bond donors (Lipinski definition) is 0. The Morgan fingerprint density at radius 3 is 2.22 bits per heavy atom. The van der Waals surface area contributed by atoms with Crippen LogP contribution in [-0.4, -0.2) is 12.6 Å². The third kappa shape index (κ3) is 5.61. The van der Waals surface area contributed by atoms with E-state index in [-0.39, 0.29) is 6.61 Å². The Balaban J connectivity index is 1.48. The molecule has 0 radical (unpaired) electrons. The van der Waals surface area contributed by atoms with E-state index in [4.69, 9.17) is 14.2 Å². The second kappa shape index (κ2) is 8.90. The van der Waals surface area contributed by atoms with Gasteiger partial charge in [0.25, 0.3) is 0 Å². The summed E-state index contributed by atoms with van der Waals surface area (Å²) < 4.78 is 16.6. The smallest absolute Gasteiger partial charge is 0.349 e. The molecule has 3 rings (SSSR count). The number of ether oxygens (including phenoxy) is 3. The normalized spacial score (nSPS) is 10.3.